The molecular weight excluding hydrogens is 274 g/mol. The third kappa shape index (κ3) is 95.9. The van der Waals surface area contributed by atoms with Crippen LogP contribution in [0.4, 0.5) is 0 Å². The van der Waals surface area contributed by atoms with Gasteiger partial charge in [0.1, 0.15) is 0 Å². The average Bonchev–Trinajstić information content (AvgIpc) is 0.722. The maximum Gasteiger partial charge on any atom is 1.00 e. The van der Waals surface area contributed by atoms with Crippen molar-refractivity contribution in [1.29, 1.82) is 0 Å². The maximum absolute atomic E-state index is 8.66. The van der Waals surface area contributed by atoms with E-state index in [4.69, 9.17) is 19.2 Å². The van der Waals surface area contributed by atoms with E-state index in [0.29, 0.717) is 0 Å². The minimum absolute atomic E-state index is 0. The topological polar surface area (TPSA) is 83.4 Å². The Morgan fingerprint density at radius 2 is 1.00 bits per heavy atom. The van der Waals surface area contributed by atoms with E-state index < -0.39 is 7.82 Å². The second kappa shape index (κ2) is 24.5. The largest absolute Gasteiger partial charge is 1.00 e. The predicted octanol–water partition coefficient (Wildman–Crippen LogP) is -20.2. The number of phosphoric acid groups is 1. The summed E-state index contributed by atoms with van der Waals surface area (Å²) in [7, 11) is -5.14. The van der Waals surface area contributed by atoms with Gasteiger partial charge in [-0.2, -0.15) is 0 Å². The van der Waals surface area contributed by atoms with Gasteiger partial charge in [0.25, 0.3) is 0 Å². The van der Waals surface area contributed by atoms with Crippen molar-refractivity contribution in [2.75, 3.05) is 0 Å². The Morgan fingerprint density at radius 1 is 1.00 bits per heavy atom. The molecule has 0 spiro atoms. The van der Waals surface area contributed by atoms with Crippen LogP contribution >= 0.6 is 7.82 Å². The number of hydrogen-bond donors (Lipinski definition) is 1. The first-order valence-electron chi connectivity index (χ1n) is 0.748. The summed E-state index contributed by atoms with van der Waals surface area (Å²) in [4.78, 5) is 24.3. The van der Waals surface area contributed by atoms with Crippen LogP contribution in [0.5, 0.6) is 0 Å². The summed E-state index contributed by atoms with van der Waals surface area (Å²) in [6, 6.07) is 0. The van der Waals surface area contributed by atoms with Gasteiger partial charge in [0.2, 0.25) is 0 Å². The van der Waals surface area contributed by atoms with Gasteiger partial charge >= 0.3 is 140 Å². The molecule has 0 amide bonds. The van der Waals surface area contributed by atoms with Crippen LogP contribution in [0.25, 0.3) is 0 Å². The summed E-state index contributed by atoms with van der Waals surface area (Å²) in [6.07, 6.45) is 0. The van der Waals surface area contributed by atoms with Gasteiger partial charge in [-0.05, 0) is 0 Å². The van der Waals surface area contributed by atoms with E-state index in [1.807, 2.05) is 0 Å². The van der Waals surface area contributed by atoms with Crippen molar-refractivity contribution in [3.63, 3.8) is 0 Å². The van der Waals surface area contributed by atoms with E-state index in [9.17, 15) is 0 Å². The third-order valence-electron chi connectivity index (χ3n) is 0. The molecule has 0 aliphatic rings. The van der Waals surface area contributed by atoms with Crippen LogP contribution in [0.3, 0.4) is 0 Å². The third-order valence-corrected chi connectivity index (χ3v) is 0. The Balaban J connectivity index is -0.00000000533. The molecule has 0 aromatic carbocycles. The van der Waals surface area contributed by atoms with Crippen LogP contribution in [0.15, 0.2) is 0 Å². The molecule has 11 heteroatoms. The minimum atomic E-state index is -5.14. The molecule has 11 heavy (non-hydrogen) atoms. The van der Waals surface area contributed by atoms with Crippen LogP contribution in [0, 0.1) is 0 Å². The summed E-state index contributed by atoms with van der Waals surface area (Å²) in [5.41, 5.74) is 0. The zero-order valence-electron chi connectivity index (χ0n) is 6.88. The molecule has 0 aliphatic carbocycles. The first-order chi connectivity index (χ1) is 2.00. The van der Waals surface area contributed by atoms with Gasteiger partial charge in [0, 0.05) is 0 Å². The Bertz CT molecular complexity index is 69.5. The number of hydrogen-bond acceptors (Lipinski definition) is 3. The quantitative estimate of drug-likeness (QED) is 0.351. The van der Waals surface area contributed by atoms with Crippen molar-refractivity contribution in [2.45, 2.75) is 0 Å². The van der Waals surface area contributed by atoms with Gasteiger partial charge in [-0.15, -0.1) is 0 Å². The molecule has 0 fully saturated rings. The first kappa shape index (κ1) is 44.1. The van der Waals surface area contributed by atoms with Crippen LogP contribution in [0.1, 0.15) is 0 Å². The molecule has 0 unspecified atom stereocenters. The van der Waals surface area contributed by atoms with Crippen LogP contribution in [0.2, 0.25) is 0 Å². The molecule has 0 heterocycles. The van der Waals surface area contributed by atoms with Crippen molar-refractivity contribution >= 4 is 7.82 Å². The van der Waals surface area contributed by atoms with Crippen LogP contribution in [-0.2, 0) is 4.57 Å². The molecular formula is HCl2KNa3O4P. The first-order valence-corrected chi connectivity index (χ1v) is 2.24. The van der Waals surface area contributed by atoms with E-state index in [2.05, 4.69) is 0 Å². The molecule has 0 saturated heterocycles. The zero-order chi connectivity index (χ0) is 4.50. The summed E-state index contributed by atoms with van der Waals surface area (Å²) < 4.78 is 8.66. The Hall–Kier alpha value is 5.33. The molecule has 48 valence electrons. The van der Waals surface area contributed by atoms with Gasteiger partial charge in [0.15, 0.2) is 0 Å². The monoisotopic (exact) mass is 274 g/mol. The van der Waals surface area contributed by atoms with Gasteiger partial charge in [-0.25, -0.2) is 0 Å². The van der Waals surface area contributed by atoms with Crippen molar-refractivity contribution in [2.24, 2.45) is 0 Å². The summed E-state index contributed by atoms with van der Waals surface area (Å²) >= 11 is 0. The van der Waals surface area contributed by atoms with E-state index in [1.54, 1.807) is 0 Å². The van der Waals surface area contributed by atoms with Crippen molar-refractivity contribution in [3.8, 4) is 0 Å². The van der Waals surface area contributed by atoms with Crippen molar-refractivity contribution < 1.29 is 184 Å². The SMILES string of the molecule is O=P([O-])([O-])O.[Cl-].[Cl-].[K+].[Na+].[Na+].[Na+]. The standard InChI is InChI=1S/2ClH.K.3Na.H3O4P/c;;;;;;1-5(2,3)4/h2*1H;;;;;(H3,1,2,3,4)/q;;4*+1;/p-4. The van der Waals surface area contributed by atoms with E-state index in [0.717, 1.165) is 0 Å². The van der Waals surface area contributed by atoms with Gasteiger partial charge in [0.05, 0.1) is 7.82 Å². The molecule has 0 aromatic rings. The van der Waals surface area contributed by atoms with Gasteiger partial charge in [-0.3, -0.25) is 0 Å². The Kier molecular flexibility index (Phi) is 98.3. The molecule has 0 rings (SSSR count). The van der Waals surface area contributed by atoms with Crippen molar-refractivity contribution in [1.82, 2.24) is 0 Å². The van der Waals surface area contributed by atoms with E-state index in [-0.39, 0.29) is 165 Å². The fourth-order valence-corrected chi connectivity index (χ4v) is 0. The normalized spacial score (nSPS) is 5.36. The van der Waals surface area contributed by atoms with Crippen LogP contribution in [-0.4, -0.2) is 4.89 Å². The smallest absolute Gasteiger partial charge is 1.00 e. The van der Waals surface area contributed by atoms with Crippen molar-refractivity contribution in [3.05, 3.63) is 0 Å². The summed E-state index contributed by atoms with van der Waals surface area (Å²) in [5.74, 6) is 0. The second-order valence-corrected chi connectivity index (χ2v) is 1.41. The van der Waals surface area contributed by atoms with Crippen LogP contribution < -0.4 is 175 Å². The minimum Gasteiger partial charge on any atom is -1.00 e. The summed E-state index contributed by atoms with van der Waals surface area (Å²) in [6.45, 7) is 0. The second-order valence-electron chi connectivity index (χ2n) is 0.469. The molecule has 0 aliphatic heterocycles. The van der Waals surface area contributed by atoms with Gasteiger partial charge in [-0.1, -0.05) is 0 Å². The Labute approximate surface area is 187 Å². The molecule has 0 radical (unpaired) electrons. The maximum atomic E-state index is 8.66. The molecule has 4 nitrogen and oxygen atoms in total. The molecule has 0 saturated carbocycles. The van der Waals surface area contributed by atoms with E-state index in [1.165, 1.54) is 0 Å². The van der Waals surface area contributed by atoms with Gasteiger partial charge < -0.3 is 44.1 Å². The molecule has 0 bridgehead atoms. The molecule has 0 atom stereocenters. The molecule has 1 N–H and O–H groups in total. The Morgan fingerprint density at radius 3 is 1.00 bits per heavy atom. The zero-order valence-corrected chi connectivity index (χ0v) is 18.4. The fourth-order valence-electron chi connectivity index (χ4n) is 0. The molecule has 0 aromatic heterocycles. The summed E-state index contributed by atoms with van der Waals surface area (Å²) in [5, 5.41) is 0. The average molecular weight is 275 g/mol. The number of rotatable bonds is 0. The number of halogens is 2. The predicted molar refractivity (Wildman–Crippen MR) is 9.83 cm³/mol. The fraction of sp³-hybridized carbons (Fsp3) is 0. The van der Waals surface area contributed by atoms with E-state index >= 15 is 0 Å².